The maximum atomic E-state index is 12.4. The van der Waals surface area contributed by atoms with E-state index < -0.39 is 29.8 Å². The minimum absolute atomic E-state index is 0.0670. The van der Waals surface area contributed by atoms with E-state index in [1.54, 1.807) is 13.0 Å². The van der Waals surface area contributed by atoms with Gasteiger partial charge in [-0.15, -0.1) is 11.8 Å². The van der Waals surface area contributed by atoms with Gasteiger partial charge in [0.2, 0.25) is 0 Å². The molecule has 0 spiro atoms. The zero-order valence-electron chi connectivity index (χ0n) is 14.7. The summed E-state index contributed by atoms with van der Waals surface area (Å²) in [6, 6.07) is 15.1. The fourth-order valence-corrected chi connectivity index (χ4v) is 2.95. The van der Waals surface area contributed by atoms with Crippen molar-refractivity contribution in [2.45, 2.75) is 36.7 Å². The number of carbonyl (C=O) groups excluding carboxylic acids is 2. The molecule has 2 atom stereocenters. The standard InChI is InChI=1S/C19H19F2NO4S/c1-12(25-18(24)13(2)27-14-8-4-3-5-9-14)17(23)22-15-10-6-7-11-16(15)26-19(20)21/h3-13,19H,1-2H3,(H,22,23)/t12-,13-/m0/s1. The number of benzene rings is 2. The van der Waals surface area contributed by atoms with E-state index in [0.717, 1.165) is 4.90 Å². The summed E-state index contributed by atoms with van der Waals surface area (Å²) >= 11 is 1.31. The Balaban J connectivity index is 1.92. The van der Waals surface area contributed by atoms with Crippen LogP contribution in [-0.4, -0.2) is 29.8 Å². The molecular formula is C19H19F2NO4S. The summed E-state index contributed by atoms with van der Waals surface area (Å²) in [6.45, 7) is 0.0642. The Morgan fingerprint density at radius 2 is 1.63 bits per heavy atom. The average molecular weight is 395 g/mol. The van der Waals surface area contributed by atoms with Crippen molar-refractivity contribution in [3.63, 3.8) is 0 Å². The van der Waals surface area contributed by atoms with E-state index >= 15 is 0 Å². The number of hydrogen-bond acceptors (Lipinski definition) is 5. The van der Waals surface area contributed by atoms with Gasteiger partial charge < -0.3 is 14.8 Å². The molecule has 0 aliphatic rings. The summed E-state index contributed by atoms with van der Waals surface area (Å²) in [6.07, 6.45) is -1.10. The van der Waals surface area contributed by atoms with Gasteiger partial charge in [0.1, 0.15) is 11.0 Å². The van der Waals surface area contributed by atoms with E-state index in [1.807, 2.05) is 30.3 Å². The lowest BCUT2D eigenvalue weighted by atomic mass is 10.2. The van der Waals surface area contributed by atoms with Crippen molar-refractivity contribution in [3.05, 3.63) is 54.6 Å². The highest BCUT2D eigenvalue weighted by Crippen LogP contribution is 2.26. The largest absolute Gasteiger partial charge is 0.452 e. The molecule has 5 nitrogen and oxygen atoms in total. The van der Waals surface area contributed by atoms with E-state index in [-0.39, 0.29) is 11.4 Å². The molecule has 1 amide bonds. The maximum Gasteiger partial charge on any atom is 0.387 e. The number of alkyl halides is 2. The Kier molecular flexibility index (Phi) is 7.60. The number of amides is 1. The van der Waals surface area contributed by atoms with Gasteiger partial charge in [0.05, 0.1) is 5.69 Å². The lowest BCUT2D eigenvalue weighted by Gasteiger charge is -2.17. The number of thioether (sulfide) groups is 1. The quantitative estimate of drug-likeness (QED) is 0.532. The molecule has 0 heterocycles. The zero-order valence-corrected chi connectivity index (χ0v) is 15.5. The number of carbonyl (C=O) groups is 2. The van der Waals surface area contributed by atoms with E-state index in [9.17, 15) is 18.4 Å². The molecule has 0 aliphatic heterocycles. The minimum Gasteiger partial charge on any atom is -0.452 e. The van der Waals surface area contributed by atoms with Crippen molar-refractivity contribution in [1.29, 1.82) is 0 Å². The van der Waals surface area contributed by atoms with E-state index in [4.69, 9.17) is 4.74 Å². The lowest BCUT2D eigenvalue weighted by Crippen LogP contribution is -2.32. The van der Waals surface area contributed by atoms with Gasteiger partial charge in [-0.2, -0.15) is 8.78 Å². The molecule has 2 aromatic rings. The third-order valence-corrected chi connectivity index (χ3v) is 4.50. The number of halogens is 2. The molecule has 2 rings (SSSR count). The number of anilines is 1. The second kappa shape index (κ2) is 9.91. The third kappa shape index (κ3) is 6.56. The second-order valence-corrected chi connectivity index (χ2v) is 6.93. The second-order valence-electron chi connectivity index (χ2n) is 5.52. The molecule has 0 aromatic heterocycles. The molecular weight excluding hydrogens is 376 g/mol. The van der Waals surface area contributed by atoms with Crippen LogP contribution in [0.4, 0.5) is 14.5 Å². The molecule has 0 aliphatic carbocycles. The SMILES string of the molecule is C[C@H](OC(=O)[C@H](C)Sc1ccccc1)C(=O)Nc1ccccc1OC(F)F. The fourth-order valence-electron chi connectivity index (χ4n) is 2.08. The van der Waals surface area contributed by atoms with Gasteiger partial charge in [-0.3, -0.25) is 9.59 Å². The van der Waals surface area contributed by atoms with Gasteiger partial charge in [-0.05, 0) is 38.1 Å². The van der Waals surface area contributed by atoms with Crippen LogP contribution in [0.5, 0.6) is 5.75 Å². The molecule has 0 saturated carbocycles. The van der Waals surface area contributed by atoms with Gasteiger partial charge in [-0.1, -0.05) is 30.3 Å². The third-order valence-electron chi connectivity index (χ3n) is 3.41. The molecule has 0 unspecified atom stereocenters. The molecule has 0 saturated heterocycles. The van der Waals surface area contributed by atoms with E-state index in [1.165, 1.54) is 36.9 Å². The lowest BCUT2D eigenvalue weighted by molar-refractivity contribution is -0.152. The molecule has 1 N–H and O–H groups in total. The molecule has 27 heavy (non-hydrogen) atoms. The Bertz CT molecular complexity index is 773. The summed E-state index contributed by atoms with van der Waals surface area (Å²) in [5, 5.41) is 1.91. The summed E-state index contributed by atoms with van der Waals surface area (Å²) in [5.41, 5.74) is 0.0670. The van der Waals surface area contributed by atoms with Gasteiger partial charge >= 0.3 is 12.6 Å². The van der Waals surface area contributed by atoms with Crippen molar-refractivity contribution >= 4 is 29.3 Å². The molecule has 2 aromatic carbocycles. The van der Waals surface area contributed by atoms with Crippen LogP contribution in [0.15, 0.2) is 59.5 Å². The van der Waals surface area contributed by atoms with Crippen LogP contribution in [0.2, 0.25) is 0 Å². The number of ether oxygens (including phenoxy) is 2. The summed E-state index contributed by atoms with van der Waals surface area (Å²) in [5.74, 6) is -1.37. The smallest absolute Gasteiger partial charge is 0.387 e. The van der Waals surface area contributed by atoms with Crippen LogP contribution < -0.4 is 10.1 Å². The van der Waals surface area contributed by atoms with Crippen molar-refractivity contribution in [3.8, 4) is 5.75 Å². The van der Waals surface area contributed by atoms with Crippen LogP contribution in [-0.2, 0) is 14.3 Å². The highest BCUT2D eigenvalue weighted by molar-refractivity contribution is 8.00. The van der Waals surface area contributed by atoms with E-state index in [2.05, 4.69) is 10.1 Å². The fraction of sp³-hybridized carbons (Fsp3) is 0.263. The molecule has 0 radical (unpaired) electrons. The molecule has 0 fully saturated rings. The van der Waals surface area contributed by atoms with Crippen LogP contribution in [0, 0.1) is 0 Å². The Labute approximate surface area is 160 Å². The first-order valence-electron chi connectivity index (χ1n) is 8.13. The molecule has 144 valence electrons. The van der Waals surface area contributed by atoms with Gasteiger partial charge in [-0.25, -0.2) is 0 Å². The van der Waals surface area contributed by atoms with Crippen molar-refractivity contribution in [1.82, 2.24) is 0 Å². The van der Waals surface area contributed by atoms with E-state index in [0.29, 0.717) is 0 Å². The highest BCUT2D eigenvalue weighted by Gasteiger charge is 2.23. The average Bonchev–Trinajstić information content (AvgIpc) is 2.63. The number of esters is 1. The number of hydrogen-bond donors (Lipinski definition) is 1. The number of rotatable bonds is 8. The molecule has 8 heteroatoms. The monoisotopic (exact) mass is 395 g/mol. The molecule has 0 bridgehead atoms. The van der Waals surface area contributed by atoms with Crippen molar-refractivity contribution in [2.75, 3.05) is 5.32 Å². The Hall–Kier alpha value is -2.61. The van der Waals surface area contributed by atoms with Crippen molar-refractivity contribution < 1.29 is 27.8 Å². The van der Waals surface area contributed by atoms with Crippen LogP contribution >= 0.6 is 11.8 Å². The van der Waals surface area contributed by atoms with Gasteiger partial charge in [0.25, 0.3) is 5.91 Å². The van der Waals surface area contributed by atoms with Crippen LogP contribution in [0.3, 0.4) is 0 Å². The van der Waals surface area contributed by atoms with Gasteiger partial charge in [0.15, 0.2) is 6.10 Å². The predicted molar refractivity (Wildman–Crippen MR) is 99.0 cm³/mol. The predicted octanol–water partition coefficient (Wildman–Crippen LogP) is 4.34. The van der Waals surface area contributed by atoms with Gasteiger partial charge in [0, 0.05) is 4.90 Å². The summed E-state index contributed by atoms with van der Waals surface area (Å²) in [4.78, 5) is 25.3. The van der Waals surface area contributed by atoms with Crippen molar-refractivity contribution in [2.24, 2.45) is 0 Å². The number of nitrogens with one attached hydrogen (secondary N) is 1. The van der Waals surface area contributed by atoms with Crippen LogP contribution in [0.1, 0.15) is 13.8 Å². The highest BCUT2D eigenvalue weighted by atomic mass is 32.2. The number of para-hydroxylation sites is 2. The minimum atomic E-state index is -3.02. The topological polar surface area (TPSA) is 64.6 Å². The zero-order chi connectivity index (χ0) is 19.8. The normalized spacial score (nSPS) is 12.9. The maximum absolute atomic E-state index is 12.4. The summed E-state index contributed by atoms with van der Waals surface area (Å²) in [7, 11) is 0. The first-order valence-corrected chi connectivity index (χ1v) is 9.01. The Morgan fingerprint density at radius 1 is 1.00 bits per heavy atom. The first kappa shape index (κ1) is 20.7. The van der Waals surface area contributed by atoms with Crippen LogP contribution in [0.25, 0.3) is 0 Å². The Morgan fingerprint density at radius 3 is 2.30 bits per heavy atom. The first-order chi connectivity index (χ1) is 12.9. The summed E-state index contributed by atoms with van der Waals surface area (Å²) < 4.78 is 34.4.